The summed E-state index contributed by atoms with van der Waals surface area (Å²) in [6.07, 6.45) is 2.92. The van der Waals surface area contributed by atoms with Crippen LogP contribution in [0.5, 0.6) is 11.5 Å². The van der Waals surface area contributed by atoms with Crippen molar-refractivity contribution in [3.8, 4) is 11.5 Å². The lowest BCUT2D eigenvalue weighted by Gasteiger charge is -2.35. The normalized spacial score (nSPS) is 15.6. The number of nitrogens with zero attached hydrogens (tertiary/aromatic N) is 4. The predicted octanol–water partition coefficient (Wildman–Crippen LogP) is 1.60. The van der Waals surface area contributed by atoms with Crippen LogP contribution in [0.1, 0.15) is 6.92 Å². The number of hydrogen-bond donors (Lipinski definition) is 0. The molecule has 1 fully saturated rings. The van der Waals surface area contributed by atoms with Crippen LogP contribution in [0.15, 0.2) is 42.7 Å². The lowest BCUT2D eigenvalue weighted by atomic mass is 10.2. The van der Waals surface area contributed by atoms with E-state index in [-0.39, 0.29) is 5.91 Å². The molecule has 1 atom stereocenters. The minimum Gasteiger partial charge on any atom is -0.497 e. The van der Waals surface area contributed by atoms with Gasteiger partial charge in [0.15, 0.2) is 6.10 Å². The minimum atomic E-state index is -0.534. The third kappa shape index (κ3) is 4.17. The second-order valence-corrected chi connectivity index (χ2v) is 5.80. The summed E-state index contributed by atoms with van der Waals surface area (Å²) >= 11 is 0. The van der Waals surface area contributed by atoms with Gasteiger partial charge in [-0.15, -0.1) is 0 Å². The van der Waals surface area contributed by atoms with Crippen LogP contribution in [-0.2, 0) is 4.79 Å². The summed E-state index contributed by atoms with van der Waals surface area (Å²) in [7, 11) is 1.61. The van der Waals surface area contributed by atoms with Gasteiger partial charge in [0.1, 0.15) is 11.5 Å². The van der Waals surface area contributed by atoms with E-state index < -0.39 is 6.10 Å². The minimum absolute atomic E-state index is 0.00977. The molecule has 2 heterocycles. The molecule has 0 N–H and O–H groups in total. The summed E-state index contributed by atoms with van der Waals surface area (Å²) in [5.41, 5.74) is 0. The van der Waals surface area contributed by atoms with Crippen LogP contribution in [0.4, 0.5) is 5.95 Å². The van der Waals surface area contributed by atoms with Crippen LogP contribution in [0.3, 0.4) is 0 Å². The Kier molecular flexibility index (Phi) is 5.33. The number of benzene rings is 1. The number of anilines is 1. The Morgan fingerprint density at radius 3 is 2.24 bits per heavy atom. The van der Waals surface area contributed by atoms with Crippen LogP contribution in [-0.4, -0.2) is 60.2 Å². The van der Waals surface area contributed by atoms with Gasteiger partial charge in [-0.25, -0.2) is 9.97 Å². The smallest absolute Gasteiger partial charge is 0.263 e. The number of ether oxygens (including phenoxy) is 2. The predicted molar refractivity (Wildman–Crippen MR) is 93.9 cm³/mol. The van der Waals surface area contributed by atoms with E-state index in [0.717, 1.165) is 5.75 Å². The number of aromatic nitrogens is 2. The number of hydrogen-bond acceptors (Lipinski definition) is 6. The maximum atomic E-state index is 12.6. The Labute approximate surface area is 147 Å². The Balaban J connectivity index is 1.52. The van der Waals surface area contributed by atoms with Crippen LogP contribution in [0.25, 0.3) is 0 Å². The highest BCUT2D eigenvalue weighted by atomic mass is 16.5. The SMILES string of the molecule is COc1ccc(OC(C)C(=O)N2CCN(c3ncccn3)CC2)cc1. The molecular formula is C18H22N4O3. The van der Waals surface area contributed by atoms with Gasteiger partial charge in [0.25, 0.3) is 5.91 Å². The van der Waals surface area contributed by atoms with Gasteiger partial charge in [0.2, 0.25) is 5.95 Å². The molecule has 132 valence electrons. The van der Waals surface area contributed by atoms with E-state index in [1.54, 1.807) is 44.6 Å². The molecule has 0 spiro atoms. The first-order valence-electron chi connectivity index (χ1n) is 8.29. The van der Waals surface area contributed by atoms with Crippen molar-refractivity contribution < 1.29 is 14.3 Å². The molecule has 7 nitrogen and oxygen atoms in total. The van der Waals surface area contributed by atoms with Gasteiger partial charge >= 0.3 is 0 Å². The fourth-order valence-electron chi connectivity index (χ4n) is 2.75. The summed E-state index contributed by atoms with van der Waals surface area (Å²) in [5, 5.41) is 0. The molecule has 0 radical (unpaired) electrons. The Bertz CT molecular complexity index is 685. The van der Waals surface area contributed by atoms with Crippen LogP contribution < -0.4 is 14.4 Å². The molecule has 1 aromatic carbocycles. The van der Waals surface area contributed by atoms with Gasteiger partial charge in [0.05, 0.1) is 7.11 Å². The van der Waals surface area contributed by atoms with Gasteiger partial charge in [0, 0.05) is 38.6 Å². The average Bonchev–Trinajstić information content (AvgIpc) is 2.69. The topological polar surface area (TPSA) is 67.8 Å². The first-order valence-corrected chi connectivity index (χ1v) is 8.29. The van der Waals surface area contributed by atoms with Gasteiger partial charge in [-0.1, -0.05) is 0 Å². The fourth-order valence-corrected chi connectivity index (χ4v) is 2.75. The quantitative estimate of drug-likeness (QED) is 0.822. The summed E-state index contributed by atoms with van der Waals surface area (Å²) in [4.78, 5) is 25.0. The number of piperazine rings is 1. The number of methoxy groups -OCH3 is 1. The lowest BCUT2D eigenvalue weighted by Crippen LogP contribution is -2.52. The van der Waals surface area contributed by atoms with Crippen molar-refractivity contribution in [2.24, 2.45) is 0 Å². The molecule has 1 aliphatic heterocycles. The maximum Gasteiger partial charge on any atom is 0.263 e. The fraction of sp³-hybridized carbons (Fsp3) is 0.389. The largest absolute Gasteiger partial charge is 0.497 e. The maximum absolute atomic E-state index is 12.6. The zero-order chi connectivity index (χ0) is 17.6. The molecule has 7 heteroatoms. The highest BCUT2D eigenvalue weighted by Crippen LogP contribution is 2.19. The average molecular weight is 342 g/mol. The van der Waals surface area contributed by atoms with E-state index in [1.165, 1.54) is 0 Å². The summed E-state index contributed by atoms with van der Waals surface area (Å²) in [5.74, 6) is 2.10. The summed E-state index contributed by atoms with van der Waals surface area (Å²) in [6, 6.07) is 9.01. The Morgan fingerprint density at radius 1 is 1.04 bits per heavy atom. The first kappa shape index (κ1) is 17.0. The van der Waals surface area contributed by atoms with Gasteiger partial charge in [-0.2, -0.15) is 0 Å². The van der Waals surface area contributed by atoms with Crippen molar-refractivity contribution >= 4 is 11.9 Å². The Morgan fingerprint density at radius 2 is 1.64 bits per heavy atom. The molecule has 3 rings (SSSR count). The van der Waals surface area contributed by atoms with E-state index in [9.17, 15) is 4.79 Å². The van der Waals surface area contributed by atoms with Crippen LogP contribution in [0, 0.1) is 0 Å². The van der Waals surface area contributed by atoms with Crippen molar-refractivity contribution in [3.05, 3.63) is 42.7 Å². The second-order valence-electron chi connectivity index (χ2n) is 5.80. The van der Waals surface area contributed by atoms with Crippen LogP contribution in [0.2, 0.25) is 0 Å². The molecule has 0 saturated carbocycles. The molecule has 0 aliphatic carbocycles. The molecule has 1 unspecified atom stereocenters. The molecule has 1 saturated heterocycles. The highest BCUT2D eigenvalue weighted by molar-refractivity contribution is 5.81. The standard InChI is InChI=1S/C18H22N4O3/c1-14(25-16-6-4-15(24-2)5-7-16)17(23)21-10-12-22(13-11-21)18-19-8-3-9-20-18/h3-9,14H,10-13H2,1-2H3. The zero-order valence-electron chi connectivity index (χ0n) is 14.5. The number of rotatable bonds is 5. The van der Waals surface area contributed by atoms with E-state index in [1.807, 2.05) is 17.0 Å². The van der Waals surface area contributed by atoms with Gasteiger partial charge in [-0.3, -0.25) is 4.79 Å². The molecule has 2 aromatic rings. The first-order chi connectivity index (χ1) is 12.2. The third-order valence-electron chi connectivity index (χ3n) is 4.15. The van der Waals surface area contributed by atoms with Gasteiger partial charge < -0.3 is 19.3 Å². The monoisotopic (exact) mass is 342 g/mol. The molecule has 0 bridgehead atoms. The molecule has 25 heavy (non-hydrogen) atoms. The van der Waals surface area contributed by atoms with Crippen molar-refractivity contribution in [1.29, 1.82) is 0 Å². The van der Waals surface area contributed by atoms with E-state index >= 15 is 0 Å². The number of carbonyl (C=O) groups excluding carboxylic acids is 1. The molecule has 1 aliphatic rings. The summed E-state index contributed by atoms with van der Waals surface area (Å²) < 4.78 is 10.9. The molecular weight excluding hydrogens is 320 g/mol. The van der Waals surface area contributed by atoms with Crippen molar-refractivity contribution in [3.63, 3.8) is 0 Å². The number of carbonyl (C=O) groups is 1. The molecule has 1 amide bonds. The number of amides is 1. The van der Waals surface area contributed by atoms with E-state index in [2.05, 4.69) is 14.9 Å². The van der Waals surface area contributed by atoms with Crippen molar-refractivity contribution in [1.82, 2.24) is 14.9 Å². The summed E-state index contributed by atoms with van der Waals surface area (Å²) in [6.45, 7) is 4.47. The highest BCUT2D eigenvalue weighted by Gasteiger charge is 2.26. The van der Waals surface area contributed by atoms with E-state index in [4.69, 9.17) is 9.47 Å². The molecule has 1 aromatic heterocycles. The second kappa shape index (κ2) is 7.83. The Hall–Kier alpha value is -2.83. The zero-order valence-corrected chi connectivity index (χ0v) is 14.5. The van der Waals surface area contributed by atoms with Gasteiger partial charge in [-0.05, 0) is 37.3 Å². The van der Waals surface area contributed by atoms with Crippen molar-refractivity contribution in [2.75, 3.05) is 38.2 Å². The van der Waals surface area contributed by atoms with E-state index in [0.29, 0.717) is 37.9 Å². The van der Waals surface area contributed by atoms with Crippen LogP contribution >= 0.6 is 0 Å². The lowest BCUT2D eigenvalue weighted by molar-refractivity contribution is -0.138. The third-order valence-corrected chi connectivity index (χ3v) is 4.15. The van der Waals surface area contributed by atoms with Crippen molar-refractivity contribution in [2.45, 2.75) is 13.0 Å².